The quantitative estimate of drug-likeness (QED) is 0.522. The van der Waals surface area contributed by atoms with E-state index < -0.39 is 36.2 Å². The molecule has 0 fully saturated rings. The number of benzene rings is 3. The molecule has 3 aromatic rings. The molecule has 0 aliphatic heterocycles. The van der Waals surface area contributed by atoms with Crippen molar-refractivity contribution in [2.45, 2.75) is 13.0 Å². The minimum Gasteiger partial charge on any atom is -0.457 e. The van der Waals surface area contributed by atoms with Crippen LogP contribution in [0.25, 0.3) is 0 Å². The zero-order valence-electron chi connectivity index (χ0n) is 17.2. The first-order valence-electron chi connectivity index (χ1n) is 9.78. The third kappa shape index (κ3) is 6.40. The van der Waals surface area contributed by atoms with E-state index in [1.807, 2.05) is 30.3 Å². The lowest BCUT2D eigenvalue weighted by Crippen LogP contribution is -2.36. The largest absolute Gasteiger partial charge is 0.457 e. The number of rotatable bonds is 8. The number of carbonyl (C=O) groups excluding carboxylic acids is 3. The highest BCUT2D eigenvalue weighted by atomic mass is 19.1. The molecule has 0 aliphatic carbocycles. The first-order chi connectivity index (χ1) is 15.4. The maximum absolute atomic E-state index is 13.6. The Kier molecular flexibility index (Phi) is 7.53. The van der Waals surface area contributed by atoms with Crippen LogP contribution in [-0.4, -0.2) is 30.4 Å². The molecule has 3 aromatic carbocycles. The first-order valence-corrected chi connectivity index (χ1v) is 9.78. The van der Waals surface area contributed by atoms with E-state index in [1.54, 1.807) is 24.3 Å². The van der Waals surface area contributed by atoms with Crippen LogP contribution in [0.5, 0.6) is 11.5 Å². The smallest absolute Gasteiger partial charge is 0.326 e. The third-order valence-electron chi connectivity index (χ3n) is 4.29. The van der Waals surface area contributed by atoms with Gasteiger partial charge in [-0.15, -0.1) is 0 Å². The molecule has 7 nitrogen and oxygen atoms in total. The Hall–Kier alpha value is -4.20. The fourth-order valence-corrected chi connectivity index (χ4v) is 2.66. The van der Waals surface area contributed by atoms with Crippen molar-refractivity contribution >= 4 is 23.5 Å². The number of para-hydroxylation sites is 1. The summed E-state index contributed by atoms with van der Waals surface area (Å²) in [6.45, 7) is 0.898. The van der Waals surface area contributed by atoms with Crippen molar-refractivity contribution in [3.8, 4) is 11.5 Å². The maximum atomic E-state index is 13.6. The lowest BCUT2D eigenvalue weighted by Gasteiger charge is -2.14. The van der Waals surface area contributed by atoms with Crippen molar-refractivity contribution in [1.29, 1.82) is 0 Å². The van der Waals surface area contributed by atoms with Gasteiger partial charge in [0.1, 0.15) is 23.9 Å². The number of halogens is 1. The first kappa shape index (κ1) is 22.5. The number of hydrogen-bond donors (Lipinski definition) is 2. The van der Waals surface area contributed by atoms with Crippen LogP contribution in [0.4, 0.5) is 10.1 Å². The van der Waals surface area contributed by atoms with E-state index in [2.05, 4.69) is 10.6 Å². The Labute approximate surface area is 184 Å². The average Bonchev–Trinajstić information content (AvgIpc) is 2.79. The van der Waals surface area contributed by atoms with Gasteiger partial charge < -0.3 is 20.1 Å². The van der Waals surface area contributed by atoms with E-state index >= 15 is 0 Å². The lowest BCUT2D eigenvalue weighted by molar-refractivity contribution is -0.152. The summed E-state index contributed by atoms with van der Waals surface area (Å²) < 4.78 is 24.3. The van der Waals surface area contributed by atoms with Gasteiger partial charge in [0.15, 0.2) is 6.10 Å². The van der Waals surface area contributed by atoms with E-state index in [1.165, 1.54) is 25.1 Å². The minimum absolute atomic E-state index is 0.189. The van der Waals surface area contributed by atoms with Gasteiger partial charge in [0.2, 0.25) is 0 Å². The fourth-order valence-electron chi connectivity index (χ4n) is 2.66. The predicted molar refractivity (Wildman–Crippen MR) is 116 cm³/mol. The van der Waals surface area contributed by atoms with Crippen LogP contribution >= 0.6 is 0 Å². The predicted octanol–water partition coefficient (Wildman–Crippen LogP) is 3.92. The van der Waals surface area contributed by atoms with Crippen LogP contribution in [0.2, 0.25) is 0 Å². The molecule has 0 saturated carbocycles. The van der Waals surface area contributed by atoms with Crippen molar-refractivity contribution in [2.75, 3.05) is 11.9 Å². The lowest BCUT2D eigenvalue weighted by atomic mass is 10.2. The van der Waals surface area contributed by atoms with Crippen molar-refractivity contribution in [3.63, 3.8) is 0 Å². The normalized spacial score (nSPS) is 11.2. The van der Waals surface area contributed by atoms with Crippen molar-refractivity contribution in [2.24, 2.45) is 0 Å². The maximum Gasteiger partial charge on any atom is 0.326 e. The molecule has 32 heavy (non-hydrogen) atoms. The van der Waals surface area contributed by atoms with E-state index in [0.717, 1.165) is 6.07 Å². The van der Waals surface area contributed by atoms with Crippen LogP contribution in [-0.2, 0) is 14.3 Å². The van der Waals surface area contributed by atoms with Crippen molar-refractivity contribution in [1.82, 2.24) is 5.32 Å². The van der Waals surface area contributed by atoms with Gasteiger partial charge in [-0.25, -0.2) is 4.39 Å². The van der Waals surface area contributed by atoms with Crippen LogP contribution in [0.3, 0.4) is 0 Å². The number of ether oxygens (including phenoxy) is 2. The number of hydrogen-bond acceptors (Lipinski definition) is 5. The molecule has 8 heteroatoms. The second kappa shape index (κ2) is 10.7. The number of carbonyl (C=O) groups is 3. The summed E-state index contributed by atoms with van der Waals surface area (Å²) >= 11 is 0. The topological polar surface area (TPSA) is 93.7 Å². The summed E-state index contributed by atoms with van der Waals surface area (Å²) in [6.07, 6.45) is -1.10. The Morgan fingerprint density at radius 3 is 2.19 bits per heavy atom. The molecule has 0 bridgehead atoms. The summed E-state index contributed by atoms with van der Waals surface area (Å²) in [5.74, 6) is -1.55. The summed E-state index contributed by atoms with van der Waals surface area (Å²) in [6, 6.07) is 21.3. The van der Waals surface area contributed by atoms with Gasteiger partial charge in [0.05, 0.1) is 5.56 Å². The highest BCUT2D eigenvalue weighted by Crippen LogP contribution is 2.22. The zero-order valence-corrected chi connectivity index (χ0v) is 17.2. The van der Waals surface area contributed by atoms with Gasteiger partial charge in [-0.3, -0.25) is 14.4 Å². The average molecular weight is 436 g/mol. The number of anilines is 1. The molecule has 0 radical (unpaired) electrons. The van der Waals surface area contributed by atoms with Crippen LogP contribution in [0.15, 0.2) is 78.9 Å². The second-order valence-corrected chi connectivity index (χ2v) is 6.72. The molecule has 1 unspecified atom stereocenters. The van der Waals surface area contributed by atoms with Gasteiger partial charge in [-0.2, -0.15) is 0 Å². The Morgan fingerprint density at radius 2 is 1.50 bits per heavy atom. The molecule has 0 saturated heterocycles. The molecule has 0 spiro atoms. The molecule has 2 amide bonds. The van der Waals surface area contributed by atoms with Crippen molar-refractivity contribution < 1.29 is 28.2 Å². The van der Waals surface area contributed by atoms with Crippen LogP contribution < -0.4 is 15.4 Å². The Morgan fingerprint density at radius 1 is 0.875 bits per heavy atom. The van der Waals surface area contributed by atoms with Gasteiger partial charge in [0.25, 0.3) is 11.8 Å². The number of amides is 2. The molecule has 1 atom stereocenters. The summed E-state index contributed by atoms with van der Waals surface area (Å²) in [4.78, 5) is 36.1. The monoisotopic (exact) mass is 436 g/mol. The highest BCUT2D eigenvalue weighted by molar-refractivity contribution is 5.97. The molecule has 0 aliphatic rings. The molecule has 2 N–H and O–H groups in total. The standard InChI is InChI=1S/C24H21FN2O5/c1-16(31-22(28)15-26-24(30)20-9-5-6-10-21(20)25)23(29)27-17-11-13-19(14-12-17)32-18-7-3-2-4-8-18/h2-14,16H,15H2,1H3,(H,26,30)(H,27,29). The van der Waals surface area contributed by atoms with Crippen molar-refractivity contribution in [3.05, 3.63) is 90.2 Å². The number of nitrogens with one attached hydrogen (secondary N) is 2. The second-order valence-electron chi connectivity index (χ2n) is 6.72. The SMILES string of the molecule is CC(OC(=O)CNC(=O)c1ccccc1F)C(=O)Nc1ccc(Oc2ccccc2)cc1. The van der Waals surface area contributed by atoms with Gasteiger partial charge in [-0.1, -0.05) is 30.3 Å². The fraction of sp³-hybridized carbons (Fsp3) is 0.125. The third-order valence-corrected chi connectivity index (χ3v) is 4.29. The van der Waals surface area contributed by atoms with E-state index in [9.17, 15) is 18.8 Å². The summed E-state index contributed by atoms with van der Waals surface area (Å²) in [5.41, 5.74) is 0.303. The molecule has 0 heterocycles. The zero-order chi connectivity index (χ0) is 22.9. The van der Waals surface area contributed by atoms with Crippen LogP contribution in [0, 0.1) is 5.82 Å². The molecular formula is C24H21FN2O5. The number of esters is 1. The highest BCUT2D eigenvalue weighted by Gasteiger charge is 2.19. The molecule has 0 aromatic heterocycles. The molecule has 3 rings (SSSR count). The Balaban J connectivity index is 1.45. The minimum atomic E-state index is -1.10. The van der Waals surface area contributed by atoms with E-state index in [0.29, 0.717) is 17.2 Å². The molecule has 164 valence electrons. The van der Waals surface area contributed by atoms with E-state index in [-0.39, 0.29) is 5.56 Å². The van der Waals surface area contributed by atoms with Gasteiger partial charge in [0, 0.05) is 5.69 Å². The summed E-state index contributed by atoms with van der Waals surface area (Å²) in [5, 5.41) is 4.89. The van der Waals surface area contributed by atoms with E-state index in [4.69, 9.17) is 9.47 Å². The van der Waals surface area contributed by atoms with Crippen LogP contribution in [0.1, 0.15) is 17.3 Å². The molecular weight excluding hydrogens is 415 g/mol. The summed E-state index contributed by atoms with van der Waals surface area (Å²) in [7, 11) is 0. The van der Waals surface area contributed by atoms with Gasteiger partial charge in [-0.05, 0) is 55.5 Å². The van der Waals surface area contributed by atoms with Gasteiger partial charge >= 0.3 is 5.97 Å². The Bertz CT molecular complexity index is 1090.